The van der Waals surface area contributed by atoms with E-state index in [1.165, 1.54) is 18.0 Å². The molecule has 0 aliphatic heterocycles. The molecule has 0 spiro atoms. The Morgan fingerprint density at radius 3 is 2.80 bits per heavy atom. The van der Waals surface area contributed by atoms with Crippen molar-refractivity contribution in [3.8, 4) is 0 Å². The molecule has 1 aromatic heterocycles. The van der Waals surface area contributed by atoms with Gasteiger partial charge in [-0.05, 0) is 6.54 Å². The Hall–Kier alpha value is -1.69. The van der Waals surface area contributed by atoms with E-state index in [1.54, 1.807) is 7.05 Å². The molecule has 0 bridgehead atoms. The van der Waals surface area contributed by atoms with Crippen molar-refractivity contribution in [3.05, 3.63) is 17.5 Å². The number of nitrogens with zero attached hydrogens (tertiary/aromatic N) is 2. The number of hydrogen-bond acceptors (Lipinski definition) is 5. The maximum absolute atomic E-state index is 11.6. The van der Waals surface area contributed by atoms with E-state index in [-0.39, 0.29) is 30.0 Å². The minimum Gasteiger partial charge on any atom is -0.464 e. The van der Waals surface area contributed by atoms with Gasteiger partial charge in [0.15, 0.2) is 11.5 Å². The predicted octanol–water partition coefficient (Wildman–Crippen LogP) is -0.262. The first kappa shape index (κ1) is 11.4. The molecule has 0 atom stereocenters. The van der Waals surface area contributed by atoms with Crippen LogP contribution < -0.4 is 5.73 Å². The number of hydrogen-bond donors (Lipinski definition) is 1. The summed E-state index contributed by atoms with van der Waals surface area (Å²) in [7, 11) is 2.87. The van der Waals surface area contributed by atoms with Crippen LogP contribution >= 0.6 is 0 Å². The van der Waals surface area contributed by atoms with Crippen molar-refractivity contribution in [3.63, 3.8) is 0 Å². The van der Waals surface area contributed by atoms with E-state index in [0.29, 0.717) is 0 Å². The predicted molar refractivity (Wildman–Crippen MR) is 52.5 cm³/mol. The standard InChI is InChI=1S/C9H13N3O3/c1-12-5-6(7(13)3-4-10)8(11-12)9(14)15-2/h5H,3-4,10H2,1-2H3. The van der Waals surface area contributed by atoms with E-state index in [9.17, 15) is 9.59 Å². The number of carbonyl (C=O) groups excluding carboxylic acids is 2. The van der Waals surface area contributed by atoms with Gasteiger partial charge in [0.25, 0.3) is 0 Å². The molecule has 0 fully saturated rings. The van der Waals surface area contributed by atoms with Crippen LogP contribution in [0.15, 0.2) is 6.20 Å². The molecule has 0 saturated carbocycles. The number of Topliss-reactive ketones (excluding diaryl/α,β-unsaturated/α-hetero) is 1. The van der Waals surface area contributed by atoms with Crippen LogP contribution in [0.1, 0.15) is 27.3 Å². The van der Waals surface area contributed by atoms with Gasteiger partial charge < -0.3 is 10.5 Å². The second-order valence-corrected chi connectivity index (χ2v) is 3.02. The molecule has 15 heavy (non-hydrogen) atoms. The molecule has 82 valence electrons. The summed E-state index contributed by atoms with van der Waals surface area (Å²) in [6, 6.07) is 0. The Balaban J connectivity index is 3.06. The van der Waals surface area contributed by atoms with Gasteiger partial charge in [-0.15, -0.1) is 0 Å². The van der Waals surface area contributed by atoms with E-state index in [1.807, 2.05) is 0 Å². The van der Waals surface area contributed by atoms with Crippen molar-refractivity contribution in [2.24, 2.45) is 12.8 Å². The van der Waals surface area contributed by atoms with Crippen LogP contribution in [-0.2, 0) is 11.8 Å². The molecule has 6 nitrogen and oxygen atoms in total. The van der Waals surface area contributed by atoms with Gasteiger partial charge in [-0.1, -0.05) is 0 Å². The van der Waals surface area contributed by atoms with Crippen LogP contribution in [0, 0.1) is 0 Å². The van der Waals surface area contributed by atoms with Crippen molar-refractivity contribution in [2.45, 2.75) is 6.42 Å². The first-order chi connectivity index (χ1) is 7.10. The van der Waals surface area contributed by atoms with Crippen LogP contribution in [0.5, 0.6) is 0 Å². The number of aromatic nitrogens is 2. The summed E-state index contributed by atoms with van der Waals surface area (Å²) in [5.74, 6) is -0.818. The van der Waals surface area contributed by atoms with E-state index in [2.05, 4.69) is 9.84 Å². The Morgan fingerprint density at radius 2 is 2.27 bits per heavy atom. The van der Waals surface area contributed by atoms with Crippen molar-refractivity contribution in [1.29, 1.82) is 0 Å². The average Bonchev–Trinajstić information content (AvgIpc) is 2.59. The second kappa shape index (κ2) is 4.70. The third kappa shape index (κ3) is 2.41. The third-order valence-electron chi connectivity index (χ3n) is 1.88. The topological polar surface area (TPSA) is 87.2 Å². The summed E-state index contributed by atoms with van der Waals surface area (Å²) in [5.41, 5.74) is 5.57. The molecule has 1 heterocycles. The van der Waals surface area contributed by atoms with E-state index >= 15 is 0 Å². The van der Waals surface area contributed by atoms with Crippen molar-refractivity contribution in [1.82, 2.24) is 9.78 Å². The number of ether oxygens (including phenoxy) is 1. The van der Waals surface area contributed by atoms with Crippen LogP contribution in [0.3, 0.4) is 0 Å². The molecule has 0 saturated heterocycles. The quantitative estimate of drug-likeness (QED) is 0.547. The van der Waals surface area contributed by atoms with Crippen LogP contribution in [0.4, 0.5) is 0 Å². The van der Waals surface area contributed by atoms with E-state index in [4.69, 9.17) is 5.73 Å². The highest BCUT2D eigenvalue weighted by molar-refractivity contribution is 6.05. The fraction of sp³-hybridized carbons (Fsp3) is 0.444. The highest BCUT2D eigenvalue weighted by Gasteiger charge is 2.21. The Labute approximate surface area is 87.0 Å². The molecular formula is C9H13N3O3. The van der Waals surface area contributed by atoms with Crippen molar-refractivity contribution in [2.75, 3.05) is 13.7 Å². The number of ketones is 1. The first-order valence-corrected chi connectivity index (χ1v) is 4.45. The number of rotatable bonds is 4. The zero-order valence-electron chi connectivity index (χ0n) is 8.69. The number of esters is 1. The molecule has 0 radical (unpaired) electrons. The monoisotopic (exact) mass is 211 g/mol. The van der Waals surface area contributed by atoms with Crippen LogP contribution in [0.2, 0.25) is 0 Å². The normalized spacial score (nSPS) is 10.1. The molecule has 1 rings (SSSR count). The number of carbonyl (C=O) groups is 2. The van der Waals surface area contributed by atoms with Crippen LogP contribution in [0.25, 0.3) is 0 Å². The molecule has 0 unspecified atom stereocenters. The zero-order chi connectivity index (χ0) is 11.4. The van der Waals surface area contributed by atoms with Crippen molar-refractivity contribution >= 4 is 11.8 Å². The lowest BCUT2D eigenvalue weighted by Crippen LogP contribution is -2.12. The maximum Gasteiger partial charge on any atom is 0.359 e. The molecule has 0 aliphatic rings. The van der Waals surface area contributed by atoms with E-state index < -0.39 is 5.97 Å². The summed E-state index contributed by atoms with van der Waals surface area (Å²) in [6.07, 6.45) is 1.68. The molecular weight excluding hydrogens is 198 g/mol. The van der Waals surface area contributed by atoms with Gasteiger partial charge in [0.05, 0.1) is 12.7 Å². The summed E-state index contributed by atoms with van der Waals surface area (Å²) in [4.78, 5) is 22.8. The van der Waals surface area contributed by atoms with Gasteiger partial charge in [0.2, 0.25) is 0 Å². The van der Waals surface area contributed by atoms with Gasteiger partial charge in [-0.3, -0.25) is 9.48 Å². The number of aryl methyl sites for hydroxylation is 1. The molecule has 0 aromatic carbocycles. The lowest BCUT2D eigenvalue weighted by atomic mass is 10.1. The zero-order valence-corrected chi connectivity index (χ0v) is 8.69. The van der Waals surface area contributed by atoms with Crippen LogP contribution in [-0.4, -0.2) is 35.2 Å². The molecule has 1 aromatic rings. The Bertz CT molecular complexity index is 384. The number of methoxy groups -OCH3 is 1. The Morgan fingerprint density at radius 1 is 1.60 bits per heavy atom. The van der Waals surface area contributed by atoms with Gasteiger partial charge in [0.1, 0.15) is 0 Å². The Kier molecular flexibility index (Phi) is 3.56. The first-order valence-electron chi connectivity index (χ1n) is 4.45. The van der Waals surface area contributed by atoms with E-state index in [0.717, 1.165) is 0 Å². The molecule has 0 aliphatic carbocycles. The molecule has 2 N–H and O–H groups in total. The number of nitrogens with two attached hydrogens (primary N) is 1. The SMILES string of the molecule is COC(=O)c1nn(C)cc1C(=O)CCN. The maximum atomic E-state index is 11.6. The summed E-state index contributed by atoms with van der Waals surface area (Å²) in [6.45, 7) is 0.244. The van der Waals surface area contributed by atoms with Gasteiger partial charge in [0, 0.05) is 19.7 Å². The third-order valence-corrected chi connectivity index (χ3v) is 1.88. The van der Waals surface area contributed by atoms with Crippen molar-refractivity contribution < 1.29 is 14.3 Å². The fourth-order valence-corrected chi connectivity index (χ4v) is 1.21. The van der Waals surface area contributed by atoms with Gasteiger partial charge >= 0.3 is 5.97 Å². The summed E-state index contributed by atoms with van der Waals surface area (Å²) >= 11 is 0. The van der Waals surface area contributed by atoms with Gasteiger partial charge in [-0.2, -0.15) is 5.10 Å². The molecule has 6 heteroatoms. The molecule has 0 amide bonds. The van der Waals surface area contributed by atoms with Gasteiger partial charge in [-0.25, -0.2) is 4.79 Å². The fourth-order valence-electron chi connectivity index (χ4n) is 1.21. The lowest BCUT2D eigenvalue weighted by Gasteiger charge is -1.98. The minimum atomic E-state index is -0.615. The largest absolute Gasteiger partial charge is 0.464 e. The summed E-state index contributed by atoms with van der Waals surface area (Å²) < 4.78 is 5.92. The lowest BCUT2D eigenvalue weighted by molar-refractivity contribution is 0.0589. The highest BCUT2D eigenvalue weighted by Crippen LogP contribution is 2.10. The summed E-state index contributed by atoms with van der Waals surface area (Å²) in [5, 5.41) is 3.87. The highest BCUT2D eigenvalue weighted by atomic mass is 16.5. The minimum absolute atomic E-state index is 0.0402. The second-order valence-electron chi connectivity index (χ2n) is 3.02. The smallest absolute Gasteiger partial charge is 0.359 e. The average molecular weight is 211 g/mol.